The molecule has 1 aromatic carbocycles. The molecule has 0 aliphatic carbocycles. The minimum Gasteiger partial charge on any atom is -0.454 e. The average Bonchev–Trinajstić information content (AvgIpc) is 3.26. The average molecular weight is 340 g/mol. The minimum absolute atomic E-state index is 0.174. The quantitative estimate of drug-likeness (QED) is 0.763. The van der Waals surface area contributed by atoms with E-state index in [0.29, 0.717) is 36.4 Å². The van der Waals surface area contributed by atoms with Crippen LogP contribution in [0.1, 0.15) is 12.7 Å². The SMILES string of the molecule is CCOCc1nc(-c2ccc(=O)[nH]c2)n(-c2ccc3c(c2)OCO3)n1. The van der Waals surface area contributed by atoms with Gasteiger partial charge in [0.15, 0.2) is 23.1 Å². The lowest BCUT2D eigenvalue weighted by molar-refractivity contribution is 0.128. The lowest BCUT2D eigenvalue weighted by Crippen LogP contribution is -2.04. The van der Waals surface area contributed by atoms with E-state index in [4.69, 9.17) is 14.2 Å². The van der Waals surface area contributed by atoms with Crippen molar-refractivity contribution < 1.29 is 14.2 Å². The van der Waals surface area contributed by atoms with Crippen LogP contribution in [0.2, 0.25) is 0 Å². The third-order valence-electron chi connectivity index (χ3n) is 3.73. The second-order valence-corrected chi connectivity index (χ2v) is 5.38. The first kappa shape index (κ1) is 15.4. The van der Waals surface area contributed by atoms with Crippen LogP contribution in [0, 0.1) is 0 Å². The molecule has 128 valence electrons. The van der Waals surface area contributed by atoms with Crippen LogP contribution in [-0.2, 0) is 11.3 Å². The van der Waals surface area contributed by atoms with Gasteiger partial charge in [0.1, 0.15) is 6.61 Å². The molecule has 8 nitrogen and oxygen atoms in total. The number of nitrogens with one attached hydrogen (secondary N) is 1. The lowest BCUT2D eigenvalue weighted by Gasteiger charge is -2.06. The predicted octanol–water partition coefficient (Wildman–Crippen LogP) is 1.89. The third-order valence-corrected chi connectivity index (χ3v) is 3.73. The molecule has 0 amide bonds. The molecule has 1 aliphatic heterocycles. The number of aromatic nitrogens is 4. The van der Waals surface area contributed by atoms with Gasteiger partial charge in [-0.05, 0) is 25.1 Å². The number of aromatic amines is 1. The molecule has 8 heteroatoms. The Hall–Kier alpha value is -3.13. The summed E-state index contributed by atoms with van der Waals surface area (Å²) >= 11 is 0. The Morgan fingerprint density at radius 1 is 1.24 bits per heavy atom. The van der Waals surface area contributed by atoms with Crippen molar-refractivity contribution in [2.45, 2.75) is 13.5 Å². The Kier molecular flexibility index (Phi) is 3.95. The van der Waals surface area contributed by atoms with E-state index in [2.05, 4.69) is 15.1 Å². The molecule has 2 aromatic heterocycles. The van der Waals surface area contributed by atoms with Gasteiger partial charge in [-0.3, -0.25) is 4.79 Å². The van der Waals surface area contributed by atoms with E-state index in [1.54, 1.807) is 16.9 Å². The summed E-state index contributed by atoms with van der Waals surface area (Å²) < 4.78 is 17.9. The maximum Gasteiger partial charge on any atom is 0.247 e. The molecule has 0 bridgehead atoms. The summed E-state index contributed by atoms with van der Waals surface area (Å²) in [7, 11) is 0. The Bertz CT molecular complexity index is 943. The number of nitrogens with zero attached hydrogens (tertiary/aromatic N) is 3. The number of fused-ring (bicyclic) bond motifs is 1. The number of benzene rings is 1. The van der Waals surface area contributed by atoms with E-state index in [1.165, 1.54) is 6.07 Å². The summed E-state index contributed by atoms with van der Waals surface area (Å²) in [5, 5.41) is 4.53. The van der Waals surface area contributed by atoms with Crippen molar-refractivity contribution in [1.82, 2.24) is 19.7 Å². The molecule has 25 heavy (non-hydrogen) atoms. The number of H-pyrrole nitrogens is 1. The van der Waals surface area contributed by atoms with Crippen LogP contribution in [0.4, 0.5) is 0 Å². The second-order valence-electron chi connectivity index (χ2n) is 5.38. The summed E-state index contributed by atoms with van der Waals surface area (Å²) in [6, 6.07) is 8.71. The van der Waals surface area contributed by atoms with Crippen LogP contribution in [0.3, 0.4) is 0 Å². The molecule has 1 aliphatic rings. The van der Waals surface area contributed by atoms with E-state index in [-0.39, 0.29) is 12.4 Å². The molecule has 1 N–H and O–H groups in total. The second kappa shape index (κ2) is 6.40. The van der Waals surface area contributed by atoms with Gasteiger partial charge >= 0.3 is 0 Å². The zero-order valence-electron chi connectivity index (χ0n) is 13.6. The highest BCUT2D eigenvalue weighted by molar-refractivity contribution is 5.58. The summed E-state index contributed by atoms with van der Waals surface area (Å²) in [5.41, 5.74) is 1.35. The molecular formula is C17H16N4O4. The molecule has 0 saturated heterocycles. The highest BCUT2D eigenvalue weighted by atomic mass is 16.7. The van der Waals surface area contributed by atoms with Gasteiger partial charge in [0, 0.05) is 30.5 Å². The van der Waals surface area contributed by atoms with Crippen LogP contribution in [0.5, 0.6) is 11.5 Å². The third kappa shape index (κ3) is 2.99. The molecule has 0 fully saturated rings. The van der Waals surface area contributed by atoms with Gasteiger partial charge in [0.25, 0.3) is 0 Å². The summed E-state index contributed by atoms with van der Waals surface area (Å²) in [4.78, 5) is 18.5. The Balaban J connectivity index is 1.80. The van der Waals surface area contributed by atoms with Gasteiger partial charge in [0.05, 0.1) is 5.69 Å². The summed E-state index contributed by atoms with van der Waals surface area (Å²) in [6.07, 6.45) is 1.61. The molecule has 0 unspecified atom stereocenters. The molecular weight excluding hydrogens is 324 g/mol. The Morgan fingerprint density at radius 3 is 2.92 bits per heavy atom. The van der Waals surface area contributed by atoms with Crippen molar-refractivity contribution in [2.24, 2.45) is 0 Å². The summed E-state index contributed by atoms with van der Waals surface area (Å²) in [5.74, 6) is 2.52. The first-order valence-corrected chi connectivity index (χ1v) is 7.87. The molecule has 4 rings (SSSR count). The number of hydrogen-bond acceptors (Lipinski definition) is 6. The van der Waals surface area contributed by atoms with E-state index in [9.17, 15) is 4.79 Å². The van der Waals surface area contributed by atoms with E-state index >= 15 is 0 Å². The van der Waals surface area contributed by atoms with Crippen molar-refractivity contribution in [1.29, 1.82) is 0 Å². The molecule has 0 radical (unpaired) electrons. The zero-order valence-corrected chi connectivity index (χ0v) is 13.6. The van der Waals surface area contributed by atoms with Crippen molar-refractivity contribution in [3.8, 4) is 28.6 Å². The topological polar surface area (TPSA) is 91.3 Å². The zero-order chi connectivity index (χ0) is 17.2. The van der Waals surface area contributed by atoms with Crippen LogP contribution in [0.15, 0.2) is 41.3 Å². The fraction of sp³-hybridized carbons (Fsp3) is 0.235. The smallest absolute Gasteiger partial charge is 0.247 e. The number of rotatable bonds is 5. The monoisotopic (exact) mass is 340 g/mol. The minimum atomic E-state index is -0.174. The normalized spacial score (nSPS) is 12.5. The highest BCUT2D eigenvalue weighted by Crippen LogP contribution is 2.34. The molecule has 0 spiro atoms. The van der Waals surface area contributed by atoms with Gasteiger partial charge in [-0.15, -0.1) is 5.10 Å². The van der Waals surface area contributed by atoms with Gasteiger partial charge in [-0.25, -0.2) is 9.67 Å². The highest BCUT2D eigenvalue weighted by Gasteiger charge is 2.18. The van der Waals surface area contributed by atoms with Gasteiger partial charge in [0.2, 0.25) is 12.4 Å². The number of pyridine rings is 1. The molecule has 3 heterocycles. The maximum absolute atomic E-state index is 11.3. The number of hydrogen-bond donors (Lipinski definition) is 1. The van der Waals surface area contributed by atoms with Crippen LogP contribution < -0.4 is 15.0 Å². The van der Waals surface area contributed by atoms with Gasteiger partial charge in [-0.1, -0.05) is 0 Å². The molecule has 3 aromatic rings. The van der Waals surface area contributed by atoms with Crippen molar-refractivity contribution in [3.63, 3.8) is 0 Å². The summed E-state index contributed by atoms with van der Waals surface area (Å²) in [6.45, 7) is 3.01. The van der Waals surface area contributed by atoms with Crippen molar-refractivity contribution in [2.75, 3.05) is 13.4 Å². The fourth-order valence-corrected chi connectivity index (χ4v) is 2.54. The lowest BCUT2D eigenvalue weighted by atomic mass is 10.2. The van der Waals surface area contributed by atoms with Crippen LogP contribution in [-0.4, -0.2) is 33.1 Å². The van der Waals surface area contributed by atoms with Gasteiger partial charge < -0.3 is 19.2 Å². The first-order valence-electron chi connectivity index (χ1n) is 7.87. The Morgan fingerprint density at radius 2 is 2.12 bits per heavy atom. The molecule has 0 saturated carbocycles. The first-order chi connectivity index (χ1) is 12.2. The fourth-order valence-electron chi connectivity index (χ4n) is 2.54. The van der Waals surface area contributed by atoms with Crippen molar-refractivity contribution in [3.05, 3.63) is 52.7 Å². The Labute approximate surface area is 143 Å². The maximum atomic E-state index is 11.3. The standard InChI is InChI=1S/C17H16N4O4/c1-2-23-9-15-19-17(11-3-6-16(22)18-8-11)21(20-15)12-4-5-13-14(7-12)25-10-24-13/h3-8H,2,9-10H2,1H3,(H,18,22). The van der Waals surface area contributed by atoms with Crippen LogP contribution >= 0.6 is 0 Å². The van der Waals surface area contributed by atoms with E-state index in [1.807, 2.05) is 25.1 Å². The van der Waals surface area contributed by atoms with E-state index < -0.39 is 0 Å². The number of ether oxygens (including phenoxy) is 3. The molecule has 0 atom stereocenters. The predicted molar refractivity (Wildman–Crippen MR) is 88.9 cm³/mol. The van der Waals surface area contributed by atoms with E-state index in [0.717, 1.165) is 11.3 Å². The largest absolute Gasteiger partial charge is 0.454 e. The van der Waals surface area contributed by atoms with Gasteiger partial charge in [-0.2, -0.15) is 0 Å². The van der Waals surface area contributed by atoms with Crippen molar-refractivity contribution >= 4 is 0 Å². The van der Waals surface area contributed by atoms with Crippen LogP contribution in [0.25, 0.3) is 17.1 Å².